The fraction of sp³-hybridized carbons (Fsp3) is 0.917. The lowest BCUT2D eigenvalue weighted by molar-refractivity contribution is -0.137. The SMILES string of the molecule is CCC1CN(C)CCCN1S(=O)(=O)CCCC(=O)O. The van der Waals surface area contributed by atoms with Crippen LogP contribution in [0.3, 0.4) is 0 Å². The molecule has 1 heterocycles. The Morgan fingerprint density at radius 3 is 2.63 bits per heavy atom. The summed E-state index contributed by atoms with van der Waals surface area (Å²) in [7, 11) is -1.34. The van der Waals surface area contributed by atoms with Crippen LogP contribution in [-0.2, 0) is 14.8 Å². The number of hydrogen-bond donors (Lipinski definition) is 1. The summed E-state index contributed by atoms with van der Waals surface area (Å²) in [6.07, 6.45) is 1.69. The maximum absolute atomic E-state index is 12.3. The highest BCUT2D eigenvalue weighted by atomic mass is 32.2. The number of carboxylic acid groups (broad SMARTS) is 1. The van der Waals surface area contributed by atoms with Gasteiger partial charge in [0.25, 0.3) is 0 Å². The van der Waals surface area contributed by atoms with Gasteiger partial charge in [-0.1, -0.05) is 6.92 Å². The summed E-state index contributed by atoms with van der Waals surface area (Å²) in [6, 6.07) is 0.00216. The highest BCUT2D eigenvalue weighted by molar-refractivity contribution is 7.89. The zero-order valence-electron chi connectivity index (χ0n) is 11.7. The van der Waals surface area contributed by atoms with Crippen LogP contribution in [0.4, 0.5) is 0 Å². The van der Waals surface area contributed by atoms with Crippen molar-refractivity contribution in [1.82, 2.24) is 9.21 Å². The van der Waals surface area contributed by atoms with Crippen molar-refractivity contribution in [3.05, 3.63) is 0 Å². The van der Waals surface area contributed by atoms with E-state index in [1.165, 1.54) is 0 Å². The summed E-state index contributed by atoms with van der Waals surface area (Å²) in [6.45, 7) is 4.17. The first-order valence-corrected chi connectivity index (χ1v) is 8.37. The first kappa shape index (κ1) is 16.4. The van der Waals surface area contributed by atoms with Gasteiger partial charge in [0.1, 0.15) is 0 Å². The molecule has 1 saturated heterocycles. The van der Waals surface area contributed by atoms with E-state index >= 15 is 0 Å². The molecule has 7 heteroatoms. The molecule has 19 heavy (non-hydrogen) atoms. The highest BCUT2D eigenvalue weighted by Crippen LogP contribution is 2.17. The number of hydrogen-bond acceptors (Lipinski definition) is 4. The van der Waals surface area contributed by atoms with Crippen molar-refractivity contribution in [2.45, 2.75) is 38.6 Å². The van der Waals surface area contributed by atoms with Gasteiger partial charge in [-0.25, -0.2) is 8.42 Å². The lowest BCUT2D eigenvalue weighted by atomic mass is 10.2. The fourth-order valence-electron chi connectivity index (χ4n) is 2.44. The number of aliphatic carboxylic acids is 1. The van der Waals surface area contributed by atoms with E-state index < -0.39 is 16.0 Å². The number of carboxylic acids is 1. The molecule has 0 aromatic rings. The minimum Gasteiger partial charge on any atom is -0.481 e. The summed E-state index contributed by atoms with van der Waals surface area (Å²) < 4.78 is 26.2. The van der Waals surface area contributed by atoms with Crippen LogP contribution in [0.15, 0.2) is 0 Å². The molecule has 1 aliphatic rings. The van der Waals surface area contributed by atoms with E-state index in [1.807, 2.05) is 14.0 Å². The Kier molecular flexibility index (Phi) is 6.22. The summed E-state index contributed by atoms with van der Waals surface area (Å²) in [5.74, 6) is -1.02. The molecule has 0 bridgehead atoms. The van der Waals surface area contributed by atoms with Crippen LogP contribution in [0.25, 0.3) is 0 Å². The van der Waals surface area contributed by atoms with Crippen LogP contribution < -0.4 is 0 Å². The van der Waals surface area contributed by atoms with Crippen molar-refractivity contribution in [3.8, 4) is 0 Å². The fourth-order valence-corrected chi connectivity index (χ4v) is 4.26. The molecule has 0 aromatic carbocycles. The third kappa shape index (κ3) is 5.08. The number of nitrogens with zero attached hydrogens (tertiary/aromatic N) is 2. The van der Waals surface area contributed by atoms with E-state index in [9.17, 15) is 13.2 Å². The van der Waals surface area contributed by atoms with Gasteiger partial charge in [-0.3, -0.25) is 4.79 Å². The van der Waals surface area contributed by atoms with E-state index in [-0.39, 0.29) is 24.6 Å². The zero-order valence-corrected chi connectivity index (χ0v) is 12.5. The van der Waals surface area contributed by atoms with Crippen LogP contribution in [0.2, 0.25) is 0 Å². The van der Waals surface area contributed by atoms with Crippen LogP contribution in [-0.4, -0.2) is 67.2 Å². The Bertz CT molecular complexity index is 397. The third-order valence-electron chi connectivity index (χ3n) is 3.47. The summed E-state index contributed by atoms with van der Waals surface area (Å²) in [5.41, 5.74) is 0. The number of carbonyl (C=O) groups is 1. The average molecular weight is 292 g/mol. The first-order chi connectivity index (χ1) is 8.86. The molecule has 0 aromatic heterocycles. The smallest absolute Gasteiger partial charge is 0.303 e. The van der Waals surface area contributed by atoms with Gasteiger partial charge < -0.3 is 10.0 Å². The van der Waals surface area contributed by atoms with Crippen molar-refractivity contribution >= 4 is 16.0 Å². The van der Waals surface area contributed by atoms with Crippen LogP contribution in [0.5, 0.6) is 0 Å². The predicted octanol–water partition coefficient (Wildman–Crippen LogP) is 0.597. The highest BCUT2D eigenvalue weighted by Gasteiger charge is 2.31. The Morgan fingerprint density at radius 2 is 2.05 bits per heavy atom. The number of likely N-dealkylation sites (N-methyl/N-ethyl adjacent to an activating group) is 1. The van der Waals surface area contributed by atoms with Gasteiger partial charge in [-0.05, 0) is 32.9 Å². The van der Waals surface area contributed by atoms with E-state index in [1.54, 1.807) is 4.31 Å². The Labute approximate surface area is 115 Å². The topological polar surface area (TPSA) is 77.9 Å². The molecule has 0 aliphatic carbocycles. The first-order valence-electron chi connectivity index (χ1n) is 6.76. The second-order valence-electron chi connectivity index (χ2n) is 5.10. The van der Waals surface area contributed by atoms with Gasteiger partial charge in [-0.15, -0.1) is 0 Å². The summed E-state index contributed by atoms with van der Waals surface area (Å²) in [5, 5.41) is 8.58. The van der Waals surface area contributed by atoms with Crippen molar-refractivity contribution in [2.75, 3.05) is 32.4 Å². The van der Waals surface area contributed by atoms with E-state index in [0.29, 0.717) is 6.54 Å². The Hall–Kier alpha value is -0.660. The second kappa shape index (κ2) is 7.21. The van der Waals surface area contributed by atoms with Gasteiger partial charge in [0.05, 0.1) is 5.75 Å². The summed E-state index contributed by atoms with van der Waals surface area (Å²) >= 11 is 0. The Morgan fingerprint density at radius 1 is 1.37 bits per heavy atom. The normalized spacial score (nSPS) is 23.2. The van der Waals surface area contributed by atoms with Crippen molar-refractivity contribution in [3.63, 3.8) is 0 Å². The molecule has 1 N–H and O–H groups in total. The standard InChI is InChI=1S/C12H24N2O4S/c1-3-11-10-13(2)7-5-8-14(11)19(17,18)9-4-6-12(15)16/h11H,3-10H2,1-2H3,(H,15,16). The molecule has 112 valence electrons. The molecule has 0 radical (unpaired) electrons. The molecule has 1 rings (SSSR count). The molecule has 1 atom stereocenters. The molecule has 6 nitrogen and oxygen atoms in total. The molecular formula is C12H24N2O4S. The van der Waals surface area contributed by atoms with Crippen molar-refractivity contribution in [2.24, 2.45) is 0 Å². The molecule has 1 aliphatic heterocycles. The van der Waals surface area contributed by atoms with Crippen molar-refractivity contribution in [1.29, 1.82) is 0 Å². The van der Waals surface area contributed by atoms with Crippen LogP contribution in [0.1, 0.15) is 32.6 Å². The minimum absolute atomic E-state index is 0.00216. The minimum atomic E-state index is -3.34. The summed E-state index contributed by atoms with van der Waals surface area (Å²) in [4.78, 5) is 12.6. The number of rotatable bonds is 6. The Balaban J connectivity index is 2.70. The van der Waals surface area contributed by atoms with E-state index in [4.69, 9.17) is 5.11 Å². The van der Waals surface area contributed by atoms with Gasteiger partial charge in [0.15, 0.2) is 0 Å². The average Bonchev–Trinajstić information content (AvgIpc) is 2.50. The molecule has 0 saturated carbocycles. The molecule has 0 amide bonds. The molecular weight excluding hydrogens is 268 g/mol. The van der Waals surface area contributed by atoms with Gasteiger partial charge in [0.2, 0.25) is 10.0 Å². The van der Waals surface area contributed by atoms with Crippen LogP contribution >= 0.6 is 0 Å². The molecule has 0 spiro atoms. The third-order valence-corrected chi connectivity index (χ3v) is 5.47. The largest absolute Gasteiger partial charge is 0.481 e. The monoisotopic (exact) mass is 292 g/mol. The molecule has 1 unspecified atom stereocenters. The second-order valence-corrected chi connectivity index (χ2v) is 7.14. The van der Waals surface area contributed by atoms with E-state index in [0.717, 1.165) is 25.9 Å². The predicted molar refractivity (Wildman–Crippen MR) is 73.6 cm³/mol. The van der Waals surface area contributed by atoms with Crippen LogP contribution in [0, 0.1) is 0 Å². The van der Waals surface area contributed by atoms with Gasteiger partial charge >= 0.3 is 5.97 Å². The van der Waals surface area contributed by atoms with Gasteiger partial charge in [-0.2, -0.15) is 4.31 Å². The van der Waals surface area contributed by atoms with E-state index in [2.05, 4.69) is 4.90 Å². The maximum Gasteiger partial charge on any atom is 0.303 e. The molecule has 1 fully saturated rings. The zero-order chi connectivity index (χ0) is 14.5. The van der Waals surface area contributed by atoms with Gasteiger partial charge in [0, 0.05) is 25.6 Å². The maximum atomic E-state index is 12.3. The quantitative estimate of drug-likeness (QED) is 0.775. The number of sulfonamides is 1. The van der Waals surface area contributed by atoms with Crippen molar-refractivity contribution < 1.29 is 18.3 Å². The lowest BCUT2D eigenvalue weighted by Crippen LogP contribution is -2.44. The lowest BCUT2D eigenvalue weighted by Gasteiger charge is -2.29.